The molecule has 1 aromatic rings. The van der Waals surface area contributed by atoms with Gasteiger partial charge in [0.2, 0.25) is 0 Å². The first-order valence-corrected chi connectivity index (χ1v) is 4.75. The van der Waals surface area contributed by atoms with E-state index in [1.165, 1.54) is 6.07 Å². The summed E-state index contributed by atoms with van der Waals surface area (Å²) in [6.07, 6.45) is 2.22. The van der Waals surface area contributed by atoms with E-state index < -0.39 is 0 Å². The van der Waals surface area contributed by atoms with Gasteiger partial charge in [-0.15, -0.1) is 0 Å². The molecule has 0 amide bonds. The second kappa shape index (κ2) is 3.75. The number of non-ortho nitro benzene ring substituents is 1. The van der Waals surface area contributed by atoms with E-state index in [1.54, 1.807) is 12.1 Å². The predicted molar refractivity (Wildman–Crippen MR) is 53.1 cm³/mol. The van der Waals surface area contributed by atoms with Crippen LogP contribution in [0.2, 0.25) is 0 Å². The molecule has 1 N–H and O–H groups in total. The number of hydrogen-bond donors (Lipinski definition) is 1. The lowest BCUT2D eigenvalue weighted by Gasteiger charge is -2.09. The molecule has 1 aliphatic rings. The van der Waals surface area contributed by atoms with Gasteiger partial charge in [0.15, 0.2) is 0 Å². The predicted octanol–water partition coefficient (Wildman–Crippen LogP) is 2.02. The molecule has 0 aliphatic carbocycles. The van der Waals surface area contributed by atoms with Crippen LogP contribution < -0.4 is 5.32 Å². The minimum atomic E-state index is -0.349. The van der Waals surface area contributed by atoms with Gasteiger partial charge in [0, 0.05) is 18.2 Å². The molecule has 74 valence electrons. The topological polar surface area (TPSA) is 55.2 Å². The van der Waals surface area contributed by atoms with E-state index in [-0.39, 0.29) is 10.6 Å². The first-order valence-electron chi connectivity index (χ1n) is 4.75. The molecule has 0 radical (unpaired) electrons. The Morgan fingerprint density at radius 2 is 2.36 bits per heavy atom. The van der Waals surface area contributed by atoms with E-state index in [1.807, 2.05) is 6.07 Å². The standard InChI is InChI=1S/C10H12N2O2/c13-12(14)9-4-1-3-8(7-9)10-5-2-6-11-10/h1,3-4,7,10-11H,2,5-6H2. The van der Waals surface area contributed by atoms with E-state index >= 15 is 0 Å². The van der Waals surface area contributed by atoms with Gasteiger partial charge in [0.25, 0.3) is 5.69 Å². The highest BCUT2D eigenvalue weighted by molar-refractivity contribution is 5.36. The Bertz CT molecular complexity index is 346. The first kappa shape index (κ1) is 9.15. The Kier molecular flexibility index (Phi) is 2.45. The lowest BCUT2D eigenvalue weighted by molar-refractivity contribution is -0.384. The van der Waals surface area contributed by atoms with Gasteiger partial charge in [-0.1, -0.05) is 12.1 Å². The molecule has 1 aromatic carbocycles. The van der Waals surface area contributed by atoms with Crippen LogP contribution in [0.5, 0.6) is 0 Å². The van der Waals surface area contributed by atoms with Gasteiger partial charge < -0.3 is 5.32 Å². The molecule has 1 atom stereocenters. The fraction of sp³-hybridized carbons (Fsp3) is 0.400. The van der Waals surface area contributed by atoms with Crippen LogP contribution in [0.1, 0.15) is 24.4 Å². The second-order valence-corrected chi connectivity index (χ2v) is 3.50. The number of nitrogens with zero attached hydrogens (tertiary/aromatic N) is 1. The van der Waals surface area contributed by atoms with Gasteiger partial charge in [0.1, 0.15) is 0 Å². The average molecular weight is 192 g/mol. The van der Waals surface area contributed by atoms with Crippen molar-refractivity contribution >= 4 is 5.69 Å². The summed E-state index contributed by atoms with van der Waals surface area (Å²) >= 11 is 0. The van der Waals surface area contributed by atoms with Gasteiger partial charge in [-0.25, -0.2) is 0 Å². The van der Waals surface area contributed by atoms with Crippen LogP contribution in [0.25, 0.3) is 0 Å². The molecule has 0 saturated carbocycles. The van der Waals surface area contributed by atoms with Crippen molar-refractivity contribution in [2.75, 3.05) is 6.54 Å². The second-order valence-electron chi connectivity index (χ2n) is 3.50. The molecular weight excluding hydrogens is 180 g/mol. The molecule has 1 unspecified atom stereocenters. The van der Waals surface area contributed by atoms with Crippen molar-refractivity contribution in [3.63, 3.8) is 0 Å². The third-order valence-corrected chi connectivity index (χ3v) is 2.54. The van der Waals surface area contributed by atoms with Crippen molar-refractivity contribution in [2.45, 2.75) is 18.9 Å². The number of hydrogen-bond acceptors (Lipinski definition) is 3. The summed E-state index contributed by atoms with van der Waals surface area (Å²) < 4.78 is 0. The number of rotatable bonds is 2. The number of benzene rings is 1. The van der Waals surface area contributed by atoms with Crippen LogP contribution in [0, 0.1) is 10.1 Å². The van der Waals surface area contributed by atoms with E-state index in [0.29, 0.717) is 6.04 Å². The average Bonchev–Trinajstić information content (AvgIpc) is 2.71. The highest BCUT2D eigenvalue weighted by Crippen LogP contribution is 2.25. The molecule has 0 spiro atoms. The molecule has 0 bridgehead atoms. The Hall–Kier alpha value is -1.42. The zero-order valence-electron chi connectivity index (χ0n) is 7.77. The molecule has 14 heavy (non-hydrogen) atoms. The van der Waals surface area contributed by atoms with Crippen molar-refractivity contribution in [1.82, 2.24) is 5.32 Å². The first-order chi connectivity index (χ1) is 6.77. The van der Waals surface area contributed by atoms with Crippen LogP contribution in [0.15, 0.2) is 24.3 Å². The summed E-state index contributed by atoms with van der Waals surface area (Å²) in [5, 5.41) is 13.9. The van der Waals surface area contributed by atoms with E-state index in [2.05, 4.69) is 5.32 Å². The molecule has 0 aromatic heterocycles. The van der Waals surface area contributed by atoms with Gasteiger partial charge in [-0.05, 0) is 24.9 Å². The van der Waals surface area contributed by atoms with Gasteiger partial charge in [0.05, 0.1) is 4.92 Å². The highest BCUT2D eigenvalue weighted by atomic mass is 16.6. The lowest BCUT2D eigenvalue weighted by Crippen LogP contribution is -2.12. The Balaban J connectivity index is 2.25. The van der Waals surface area contributed by atoms with Crippen LogP contribution in [0.3, 0.4) is 0 Å². The molecule has 4 nitrogen and oxygen atoms in total. The van der Waals surface area contributed by atoms with E-state index in [9.17, 15) is 10.1 Å². The molecular formula is C10H12N2O2. The van der Waals surface area contributed by atoms with Crippen molar-refractivity contribution in [1.29, 1.82) is 0 Å². The summed E-state index contributed by atoms with van der Waals surface area (Å²) in [4.78, 5) is 10.2. The third kappa shape index (κ3) is 1.75. The SMILES string of the molecule is O=[N+]([O-])c1cccc(C2CCCN2)c1. The quantitative estimate of drug-likeness (QED) is 0.576. The largest absolute Gasteiger partial charge is 0.310 e. The zero-order chi connectivity index (χ0) is 9.97. The summed E-state index contributed by atoms with van der Waals surface area (Å²) in [5.74, 6) is 0. The summed E-state index contributed by atoms with van der Waals surface area (Å²) in [6.45, 7) is 1.01. The van der Waals surface area contributed by atoms with E-state index in [0.717, 1.165) is 24.9 Å². The Morgan fingerprint density at radius 3 is 3.00 bits per heavy atom. The van der Waals surface area contributed by atoms with Gasteiger partial charge in [-0.2, -0.15) is 0 Å². The van der Waals surface area contributed by atoms with Crippen molar-refractivity contribution in [3.8, 4) is 0 Å². The van der Waals surface area contributed by atoms with Crippen LogP contribution >= 0.6 is 0 Å². The van der Waals surface area contributed by atoms with Crippen LogP contribution in [0.4, 0.5) is 5.69 Å². The number of nitrogens with one attached hydrogen (secondary N) is 1. The Morgan fingerprint density at radius 1 is 1.50 bits per heavy atom. The molecule has 1 aliphatic heterocycles. The van der Waals surface area contributed by atoms with Crippen molar-refractivity contribution in [3.05, 3.63) is 39.9 Å². The van der Waals surface area contributed by atoms with E-state index in [4.69, 9.17) is 0 Å². The fourth-order valence-electron chi connectivity index (χ4n) is 1.82. The van der Waals surface area contributed by atoms with Gasteiger partial charge in [-0.3, -0.25) is 10.1 Å². The monoisotopic (exact) mass is 192 g/mol. The zero-order valence-corrected chi connectivity index (χ0v) is 7.77. The third-order valence-electron chi connectivity index (χ3n) is 2.54. The number of nitro groups is 1. The maximum absolute atomic E-state index is 10.6. The summed E-state index contributed by atoms with van der Waals surface area (Å²) in [7, 11) is 0. The Labute approximate surface area is 82.1 Å². The maximum atomic E-state index is 10.6. The normalized spacial score (nSPS) is 21.0. The minimum absolute atomic E-state index is 0.177. The summed E-state index contributed by atoms with van der Waals surface area (Å²) in [5.41, 5.74) is 1.20. The molecule has 1 fully saturated rings. The van der Waals surface area contributed by atoms with Gasteiger partial charge >= 0.3 is 0 Å². The van der Waals surface area contributed by atoms with Crippen LogP contribution in [-0.4, -0.2) is 11.5 Å². The maximum Gasteiger partial charge on any atom is 0.269 e. The summed E-state index contributed by atoms with van der Waals surface area (Å²) in [6, 6.07) is 7.17. The molecule has 4 heteroatoms. The lowest BCUT2D eigenvalue weighted by atomic mass is 10.1. The highest BCUT2D eigenvalue weighted by Gasteiger charge is 2.17. The van der Waals surface area contributed by atoms with Crippen LogP contribution in [-0.2, 0) is 0 Å². The van der Waals surface area contributed by atoms with Crippen molar-refractivity contribution in [2.24, 2.45) is 0 Å². The van der Waals surface area contributed by atoms with Crippen molar-refractivity contribution < 1.29 is 4.92 Å². The fourth-order valence-corrected chi connectivity index (χ4v) is 1.82. The molecule has 1 heterocycles. The smallest absolute Gasteiger partial charge is 0.269 e. The number of nitro benzene ring substituents is 1. The minimum Gasteiger partial charge on any atom is -0.310 e. The molecule has 1 saturated heterocycles. The molecule has 2 rings (SSSR count).